The quantitative estimate of drug-likeness (QED) is 0.183. The average Bonchev–Trinajstić information content (AvgIpc) is 2.68. The number of aryl methyl sites for hydroxylation is 1. The molecule has 0 amide bonds. The summed E-state index contributed by atoms with van der Waals surface area (Å²) in [5.74, 6) is -0.0851. The summed E-state index contributed by atoms with van der Waals surface area (Å²) in [6, 6.07) is 7.60. The number of nitrogens with zero attached hydrogens (tertiary/aromatic N) is 1. The van der Waals surface area contributed by atoms with E-state index >= 15 is 0 Å². The number of carbonyl (C=O) groups excluding carboxylic acids is 1. The number of esters is 1. The lowest BCUT2D eigenvalue weighted by molar-refractivity contribution is -0.140. The zero-order chi connectivity index (χ0) is 18.9. The second kappa shape index (κ2) is 15.5. The normalized spacial score (nSPS) is 10.7. The highest BCUT2D eigenvalue weighted by Gasteiger charge is 1.99. The van der Waals surface area contributed by atoms with Gasteiger partial charge in [-0.1, -0.05) is 76.3 Å². The Morgan fingerprint density at radius 2 is 1.23 bits per heavy atom. The third-order valence-electron chi connectivity index (χ3n) is 4.87. The van der Waals surface area contributed by atoms with Gasteiger partial charge in [-0.05, 0) is 42.1 Å². The summed E-state index contributed by atoms with van der Waals surface area (Å²) in [5.41, 5.74) is 1.80. The van der Waals surface area contributed by atoms with E-state index in [1.54, 1.807) is 12.1 Å². The number of rotatable bonds is 16. The molecule has 0 bridgehead atoms. The van der Waals surface area contributed by atoms with Crippen molar-refractivity contribution in [3.8, 4) is 0 Å². The van der Waals surface area contributed by atoms with Crippen molar-refractivity contribution in [1.82, 2.24) is 0 Å². The van der Waals surface area contributed by atoms with Crippen molar-refractivity contribution in [2.24, 2.45) is 5.18 Å². The average molecular weight is 362 g/mol. The molecule has 4 nitrogen and oxygen atoms in total. The molecule has 146 valence electrons. The van der Waals surface area contributed by atoms with Crippen LogP contribution < -0.4 is 0 Å². The number of benzene rings is 1. The molecule has 26 heavy (non-hydrogen) atoms. The molecule has 0 unspecified atom stereocenters. The van der Waals surface area contributed by atoms with E-state index < -0.39 is 0 Å². The molecular weight excluding hydrogens is 326 g/mol. The van der Waals surface area contributed by atoms with E-state index in [9.17, 15) is 9.70 Å². The number of unbranched alkanes of at least 4 members (excludes halogenated alkanes) is 11. The Labute approximate surface area is 158 Å². The fourth-order valence-corrected chi connectivity index (χ4v) is 3.19. The maximum Gasteiger partial charge on any atom is 0.305 e. The summed E-state index contributed by atoms with van der Waals surface area (Å²) in [6.45, 7) is 0. The van der Waals surface area contributed by atoms with Crippen LogP contribution in [0.5, 0.6) is 0 Å². The Morgan fingerprint density at radius 1 is 0.769 bits per heavy atom. The van der Waals surface area contributed by atoms with Crippen molar-refractivity contribution in [1.29, 1.82) is 0 Å². The minimum Gasteiger partial charge on any atom is -0.469 e. The second-order valence-electron chi connectivity index (χ2n) is 7.08. The molecule has 4 heteroatoms. The third-order valence-corrected chi connectivity index (χ3v) is 4.87. The highest BCUT2D eigenvalue weighted by Crippen LogP contribution is 2.16. The highest BCUT2D eigenvalue weighted by atomic mass is 16.5. The first kappa shape index (κ1) is 22.3. The molecule has 0 heterocycles. The van der Waals surface area contributed by atoms with Crippen LogP contribution in [0.15, 0.2) is 29.4 Å². The first-order valence-electron chi connectivity index (χ1n) is 10.3. The van der Waals surface area contributed by atoms with Gasteiger partial charge in [0.2, 0.25) is 0 Å². The molecule has 0 atom stereocenters. The standard InChI is InChI=1S/C22H35NO3/c1-26-22(24)15-13-11-9-7-5-3-2-4-6-8-10-12-14-20-16-18-21(23-25)19-17-20/h16-19H,2-15H2,1H3. The van der Waals surface area contributed by atoms with E-state index in [4.69, 9.17) is 0 Å². The number of carbonyl (C=O) groups is 1. The van der Waals surface area contributed by atoms with Crippen molar-refractivity contribution in [2.45, 2.75) is 89.9 Å². The van der Waals surface area contributed by atoms with Gasteiger partial charge in [0.1, 0.15) is 5.69 Å². The minimum absolute atomic E-state index is 0.0851. The number of hydrogen-bond acceptors (Lipinski definition) is 4. The Kier molecular flexibility index (Phi) is 13.3. The molecule has 1 aromatic carbocycles. The third kappa shape index (κ3) is 11.8. The van der Waals surface area contributed by atoms with Gasteiger partial charge in [0.15, 0.2) is 0 Å². The monoisotopic (exact) mass is 361 g/mol. The topological polar surface area (TPSA) is 55.7 Å². The highest BCUT2D eigenvalue weighted by molar-refractivity contribution is 5.68. The van der Waals surface area contributed by atoms with Crippen LogP contribution in [0, 0.1) is 4.91 Å². The van der Waals surface area contributed by atoms with Crippen LogP contribution in [0.2, 0.25) is 0 Å². The predicted octanol–water partition coefficient (Wildman–Crippen LogP) is 6.87. The Morgan fingerprint density at radius 3 is 1.69 bits per heavy atom. The first-order chi connectivity index (χ1) is 12.8. The zero-order valence-electron chi connectivity index (χ0n) is 16.4. The van der Waals surface area contributed by atoms with Gasteiger partial charge in [0.25, 0.3) is 0 Å². The summed E-state index contributed by atoms with van der Waals surface area (Å²) in [4.78, 5) is 21.3. The van der Waals surface area contributed by atoms with Crippen LogP contribution in [-0.4, -0.2) is 13.1 Å². The summed E-state index contributed by atoms with van der Waals surface area (Å²) in [7, 11) is 1.45. The van der Waals surface area contributed by atoms with E-state index in [1.807, 2.05) is 12.1 Å². The lowest BCUT2D eigenvalue weighted by atomic mass is 10.0. The SMILES string of the molecule is COC(=O)CCCCCCCCCCCCCCc1ccc(N=O)cc1. The number of nitroso groups, excluding NO2 is 1. The Bertz CT molecular complexity index is 485. The number of ether oxygens (including phenoxy) is 1. The fourth-order valence-electron chi connectivity index (χ4n) is 3.19. The fraction of sp³-hybridized carbons (Fsp3) is 0.682. The molecule has 0 N–H and O–H groups in total. The van der Waals surface area contributed by atoms with Crippen molar-refractivity contribution in [3.05, 3.63) is 34.7 Å². The van der Waals surface area contributed by atoms with E-state index in [1.165, 1.54) is 76.9 Å². The minimum atomic E-state index is -0.0851. The molecule has 0 saturated heterocycles. The summed E-state index contributed by atoms with van der Waals surface area (Å²) < 4.78 is 4.64. The molecule has 1 rings (SSSR count). The molecular formula is C22H35NO3. The summed E-state index contributed by atoms with van der Waals surface area (Å²) >= 11 is 0. The van der Waals surface area contributed by atoms with Gasteiger partial charge in [-0.2, -0.15) is 0 Å². The maximum atomic E-state index is 11.0. The van der Waals surface area contributed by atoms with Crippen molar-refractivity contribution in [2.75, 3.05) is 7.11 Å². The summed E-state index contributed by atoms with van der Waals surface area (Å²) in [5, 5.41) is 2.92. The van der Waals surface area contributed by atoms with Gasteiger partial charge in [-0.3, -0.25) is 4.79 Å². The van der Waals surface area contributed by atoms with Gasteiger partial charge in [0.05, 0.1) is 7.11 Å². The van der Waals surface area contributed by atoms with Crippen molar-refractivity contribution >= 4 is 11.7 Å². The molecule has 0 aliphatic rings. The van der Waals surface area contributed by atoms with Crippen LogP contribution in [0.25, 0.3) is 0 Å². The van der Waals surface area contributed by atoms with E-state index in [0.29, 0.717) is 12.1 Å². The molecule has 0 spiro atoms. The smallest absolute Gasteiger partial charge is 0.305 e. The largest absolute Gasteiger partial charge is 0.469 e. The van der Waals surface area contributed by atoms with Crippen LogP contribution in [-0.2, 0) is 16.0 Å². The van der Waals surface area contributed by atoms with Gasteiger partial charge in [0, 0.05) is 6.42 Å². The molecule has 0 aliphatic heterocycles. The van der Waals surface area contributed by atoms with Gasteiger partial charge < -0.3 is 4.74 Å². The van der Waals surface area contributed by atoms with Crippen molar-refractivity contribution < 1.29 is 9.53 Å². The van der Waals surface area contributed by atoms with Gasteiger partial charge in [-0.15, -0.1) is 4.91 Å². The van der Waals surface area contributed by atoms with Crippen molar-refractivity contribution in [3.63, 3.8) is 0 Å². The maximum absolute atomic E-state index is 11.0. The number of methoxy groups -OCH3 is 1. The molecule has 0 aromatic heterocycles. The molecule has 0 radical (unpaired) electrons. The van der Waals surface area contributed by atoms with E-state index in [2.05, 4.69) is 9.91 Å². The zero-order valence-corrected chi connectivity index (χ0v) is 16.4. The molecule has 0 fully saturated rings. The van der Waals surface area contributed by atoms with E-state index in [-0.39, 0.29) is 5.97 Å². The van der Waals surface area contributed by atoms with Gasteiger partial charge in [-0.25, -0.2) is 0 Å². The molecule has 0 saturated carbocycles. The summed E-state index contributed by atoms with van der Waals surface area (Å²) in [6.07, 6.45) is 16.8. The van der Waals surface area contributed by atoms with Gasteiger partial charge >= 0.3 is 5.97 Å². The van der Waals surface area contributed by atoms with Crippen LogP contribution in [0.4, 0.5) is 5.69 Å². The predicted molar refractivity (Wildman–Crippen MR) is 108 cm³/mol. The Balaban J connectivity index is 1.80. The Hall–Kier alpha value is -1.71. The van der Waals surface area contributed by atoms with Crippen LogP contribution in [0.1, 0.15) is 89.0 Å². The van der Waals surface area contributed by atoms with E-state index in [0.717, 1.165) is 19.3 Å². The van der Waals surface area contributed by atoms with Crippen LogP contribution in [0.3, 0.4) is 0 Å². The lowest BCUT2D eigenvalue weighted by Crippen LogP contribution is -1.99. The molecule has 1 aromatic rings. The second-order valence-corrected chi connectivity index (χ2v) is 7.08. The number of hydrogen-bond donors (Lipinski definition) is 0. The van der Waals surface area contributed by atoms with Crippen LogP contribution >= 0.6 is 0 Å². The lowest BCUT2D eigenvalue weighted by Gasteiger charge is -2.04. The molecule has 0 aliphatic carbocycles. The first-order valence-corrected chi connectivity index (χ1v) is 10.3.